The highest BCUT2D eigenvalue weighted by Crippen LogP contribution is 2.37. The van der Waals surface area contributed by atoms with Gasteiger partial charge in [0.15, 0.2) is 0 Å². The van der Waals surface area contributed by atoms with E-state index in [4.69, 9.17) is 14.5 Å². The highest BCUT2D eigenvalue weighted by Gasteiger charge is 2.41. The van der Waals surface area contributed by atoms with Gasteiger partial charge < -0.3 is 4.74 Å². The minimum absolute atomic E-state index is 0.255. The molecule has 1 aliphatic heterocycles. The monoisotopic (exact) mass is 336 g/mol. The van der Waals surface area contributed by atoms with Crippen molar-refractivity contribution in [3.8, 4) is 11.1 Å². The number of benzene rings is 2. The molecular weight excluding hydrogens is 312 g/mol. The number of rotatable bonds is 3. The van der Waals surface area contributed by atoms with E-state index < -0.39 is 5.79 Å². The van der Waals surface area contributed by atoms with Gasteiger partial charge in [-0.25, -0.2) is 9.78 Å². The van der Waals surface area contributed by atoms with Crippen LogP contribution in [0.15, 0.2) is 61.2 Å². The van der Waals surface area contributed by atoms with Crippen molar-refractivity contribution >= 4 is 5.57 Å². The Hall–Kier alpha value is -1.94. The topological polar surface area (TPSA) is 27.7 Å². The van der Waals surface area contributed by atoms with Crippen LogP contribution in [-0.2, 0) is 14.5 Å². The van der Waals surface area contributed by atoms with Crippen molar-refractivity contribution in [2.24, 2.45) is 0 Å². The predicted molar refractivity (Wildman–Crippen MR) is 98.6 cm³/mol. The van der Waals surface area contributed by atoms with E-state index in [2.05, 4.69) is 43.0 Å². The SMILES string of the molecule is C=C(c1ccc(-c2ccccc2)cc1)C1COC2(CCCCC2)OO1. The molecule has 1 unspecified atom stereocenters. The molecule has 1 saturated carbocycles. The fourth-order valence-corrected chi connectivity index (χ4v) is 3.60. The minimum atomic E-state index is -0.522. The molecule has 2 fully saturated rings. The van der Waals surface area contributed by atoms with Gasteiger partial charge in [-0.05, 0) is 35.1 Å². The van der Waals surface area contributed by atoms with Crippen LogP contribution in [0.5, 0.6) is 0 Å². The maximum atomic E-state index is 6.05. The van der Waals surface area contributed by atoms with Crippen molar-refractivity contribution < 1.29 is 14.5 Å². The van der Waals surface area contributed by atoms with Gasteiger partial charge in [0.2, 0.25) is 5.79 Å². The Balaban J connectivity index is 1.41. The Morgan fingerprint density at radius 3 is 2.20 bits per heavy atom. The molecule has 2 aromatic carbocycles. The zero-order valence-electron chi connectivity index (χ0n) is 14.4. The number of hydrogen-bond acceptors (Lipinski definition) is 3. The molecule has 0 N–H and O–H groups in total. The summed E-state index contributed by atoms with van der Waals surface area (Å²) < 4.78 is 6.05. The van der Waals surface area contributed by atoms with E-state index in [1.54, 1.807) is 0 Å². The van der Waals surface area contributed by atoms with Gasteiger partial charge in [0.25, 0.3) is 0 Å². The Bertz CT molecular complexity index is 705. The van der Waals surface area contributed by atoms with E-state index in [1.807, 2.05) is 18.2 Å². The van der Waals surface area contributed by atoms with Crippen LogP contribution in [0.3, 0.4) is 0 Å². The van der Waals surface area contributed by atoms with E-state index in [-0.39, 0.29) is 6.10 Å². The summed E-state index contributed by atoms with van der Waals surface area (Å²) in [5.74, 6) is -0.522. The van der Waals surface area contributed by atoms with Crippen LogP contribution in [0.4, 0.5) is 0 Å². The third-order valence-electron chi connectivity index (χ3n) is 5.18. The molecule has 130 valence electrons. The summed E-state index contributed by atoms with van der Waals surface area (Å²) in [5, 5.41) is 0. The molecule has 1 saturated heterocycles. The number of hydrogen-bond donors (Lipinski definition) is 0. The van der Waals surface area contributed by atoms with Gasteiger partial charge in [-0.3, -0.25) is 0 Å². The normalized spacial score (nSPS) is 22.6. The van der Waals surface area contributed by atoms with Gasteiger partial charge in [-0.15, -0.1) is 0 Å². The first-order chi connectivity index (χ1) is 12.3. The first-order valence-electron chi connectivity index (χ1n) is 9.09. The van der Waals surface area contributed by atoms with Gasteiger partial charge in [0, 0.05) is 12.8 Å². The lowest BCUT2D eigenvalue weighted by molar-refractivity contribution is -0.483. The highest BCUT2D eigenvalue weighted by molar-refractivity contribution is 5.71. The summed E-state index contributed by atoms with van der Waals surface area (Å²) in [6, 6.07) is 18.7. The van der Waals surface area contributed by atoms with Crippen LogP contribution in [0.1, 0.15) is 37.7 Å². The maximum absolute atomic E-state index is 6.05. The molecule has 0 bridgehead atoms. The van der Waals surface area contributed by atoms with Crippen LogP contribution in [0, 0.1) is 0 Å². The summed E-state index contributed by atoms with van der Waals surface area (Å²) in [5.41, 5.74) is 4.34. The van der Waals surface area contributed by atoms with Crippen LogP contribution in [0.25, 0.3) is 16.7 Å². The van der Waals surface area contributed by atoms with Crippen LogP contribution in [-0.4, -0.2) is 18.5 Å². The molecule has 1 atom stereocenters. The van der Waals surface area contributed by atoms with Gasteiger partial charge in [-0.1, -0.05) is 67.6 Å². The van der Waals surface area contributed by atoms with Crippen LogP contribution in [0.2, 0.25) is 0 Å². The summed E-state index contributed by atoms with van der Waals surface area (Å²) >= 11 is 0. The average Bonchev–Trinajstić information content (AvgIpc) is 2.70. The third kappa shape index (κ3) is 3.54. The zero-order valence-corrected chi connectivity index (χ0v) is 14.4. The molecular formula is C22H24O3. The maximum Gasteiger partial charge on any atom is 0.201 e. The molecule has 1 heterocycles. The van der Waals surface area contributed by atoms with E-state index >= 15 is 0 Å². The summed E-state index contributed by atoms with van der Waals surface area (Å²) in [4.78, 5) is 11.3. The second-order valence-corrected chi connectivity index (χ2v) is 6.92. The molecule has 0 aromatic heterocycles. The van der Waals surface area contributed by atoms with Crippen LogP contribution < -0.4 is 0 Å². The lowest BCUT2D eigenvalue weighted by Gasteiger charge is -2.41. The molecule has 25 heavy (non-hydrogen) atoms. The standard InChI is InChI=1S/C22H24O3/c1-17(21-16-23-22(25-24-21)14-6-3-7-15-22)18-10-12-20(13-11-18)19-8-4-2-5-9-19/h2,4-5,8-13,21H,1,3,6-7,14-16H2. The van der Waals surface area contributed by atoms with E-state index in [1.165, 1.54) is 17.5 Å². The van der Waals surface area contributed by atoms with Crippen LogP contribution >= 0.6 is 0 Å². The molecule has 3 heteroatoms. The molecule has 3 nitrogen and oxygen atoms in total. The highest BCUT2D eigenvalue weighted by atomic mass is 17.2. The smallest absolute Gasteiger partial charge is 0.201 e. The molecule has 1 spiro atoms. The van der Waals surface area contributed by atoms with Crippen molar-refractivity contribution in [3.05, 3.63) is 66.7 Å². The summed E-state index contributed by atoms with van der Waals surface area (Å²) in [6.07, 6.45) is 5.09. The Labute approximate surface area is 149 Å². The Morgan fingerprint density at radius 1 is 0.880 bits per heavy atom. The second kappa shape index (κ2) is 7.12. The largest absolute Gasteiger partial charge is 0.344 e. The predicted octanol–water partition coefficient (Wildman–Crippen LogP) is 5.37. The average molecular weight is 336 g/mol. The molecule has 4 rings (SSSR count). The molecule has 1 aliphatic carbocycles. The van der Waals surface area contributed by atoms with E-state index in [0.29, 0.717) is 6.61 Å². The second-order valence-electron chi connectivity index (χ2n) is 6.92. The Kier molecular flexibility index (Phi) is 4.71. The zero-order chi connectivity index (χ0) is 17.1. The van der Waals surface area contributed by atoms with E-state index in [0.717, 1.165) is 36.8 Å². The first-order valence-corrected chi connectivity index (χ1v) is 9.09. The van der Waals surface area contributed by atoms with Crippen molar-refractivity contribution in [1.29, 1.82) is 0 Å². The molecule has 0 radical (unpaired) electrons. The molecule has 0 amide bonds. The fraction of sp³-hybridized carbons (Fsp3) is 0.364. The van der Waals surface area contributed by atoms with Crippen molar-refractivity contribution in [2.45, 2.75) is 44.0 Å². The van der Waals surface area contributed by atoms with Gasteiger partial charge >= 0.3 is 0 Å². The van der Waals surface area contributed by atoms with Crippen molar-refractivity contribution in [2.75, 3.05) is 6.61 Å². The number of ether oxygens (including phenoxy) is 1. The van der Waals surface area contributed by atoms with Gasteiger partial charge in [0.05, 0.1) is 6.61 Å². The van der Waals surface area contributed by atoms with Gasteiger partial charge in [0.1, 0.15) is 6.10 Å². The van der Waals surface area contributed by atoms with Crippen molar-refractivity contribution in [3.63, 3.8) is 0 Å². The quantitative estimate of drug-likeness (QED) is 0.705. The third-order valence-corrected chi connectivity index (χ3v) is 5.18. The van der Waals surface area contributed by atoms with Crippen molar-refractivity contribution in [1.82, 2.24) is 0 Å². The molecule has 2 aromatic rings. The summed E-state index contributed by atoms with van der Waals surface area (Å²) in [6.45, 7) is 4.70. The fourth-order valence-electron chi connectivity index (χ4n) is 3.60. The van der Waals surface area contributed by atoms with E-state index in [9.17, 15) is 0 Å². The summed E-state index contributed by atoms with van der Waals surface area (Å²) in [7, 11) is 0. The minimum Gasteiger partial charge on any atom is -0.344 e. The lowest BCUT2D eigenvalue weighted by atomic mass is 9.93. The Morgan fingerprint density at radius 2 is 1.56 bits per heavy atom. The molecule has 2 aliphatic rings. The first kappa shape index (κ1) is 16.5. The lowest BCUT2D eigenvalue weighted by Crippen LogP contribution is -2.46. The van der Waals surface area contributed by atoms with Gasteiger partial charge in [-0.2, -0.15) is 0 Å².